The Bertz CT molecular complexity index is 644. The standard InChI is InChI=1S/C18H23NO4/c1-11(2)23-14(5)9-13(4)17(20)19-15-7-8-16(12(3)10-15)18(21)22-6/h7-11H,5H2,1-4,6H3,(H,19,20)/b13-9+. The van der Waals surface area contributed by atoms with Gasteiger partial charge in [-0.1, -0.05) is 6.58 Å². The maximum atomic E-state index is 12.2. The molecule has 0 bridgehead atoms. The van der Waals surface area contributed by atoms with Crippen LogP contribution in [0.3, 0.4) is 0 Å². The van der Waals surface area contributed by atoms with Crippen molar-refractivity contribution in [1.29, 1.82) is 0 Å². The molecule has 0 atom stereocenters. The fraction of sp³-hybridized carbons (Fsp3) is 0.333. The highest BCUT2D eigenvalue weighted by molar-refractivity contribution is 6.04. The van der Waals surface area contributed by atoms with E-state index in [9.17, 15) is 9.59 Å². The van der Waals surface area contributed by atoms with Crippen molar-refractivity contribution in [3.63, 3.8) is 0 Å². The third kappa shape index (κ3) is 5.62. The van der Waals surface area contributed by atoms with Crippen molar-refractivity contribution in [2.45, 2.75) is 33.8 Å². The van der Waals surface area contributed by atoms with Gasteiger partial charge >= 0.3 is 5.97 Å². The Labute approximate surface area is 137 Å². The number of carbonyl (C=O) groups excluding carboxylic acids is 2. The summed E-state index contributed by atoms with van der Waals surface area (Å²) in [5.74, 6) is -0.229. The van der Waals surface area contributed by atoms with Crippen LogP contribution in [0.4, 0.5) is 5.69 Å². The Morgan fingerprint density at radius 1 is 1.30 bits per heavy atom. The summed E-state index contributed by atoms with van der Waals surface area (Å²) in [5, 5.41) is 2.77. The van der Waals surface area contributed by atoms with E-state index in [-0.39, 0.29) is 12.0 Å². The molecule has 1 amide bonds. The Kier molecular flexibility index (Phi) is 6.57. The molecular formula is C18H23NO4. The highest BCUT2D eigenvalue weighted by Crippen LogP contribution is 2.17. The van der Waals surface area contributed by atoms with E-state index in [1.807, 2.05) is 13.8 Å². The van der Waals surface area contributed by atoms with E-state index in [0.29, 0.717) is 22.6 Å². The monoisotopic (exact) mass is 317 g/mol. The first-order chi connectivity index (χ1) is 10.7. The number of amides is 1. The second-order valence-corrected chi connectivity index (χ2v) is 5.44. The molecule has 0 aromatic heterocycles. The van der Waals surface area contributed by atoms with Crippen molar-refractivity contribution in [2.75, 3.05) is 12.4 Å². The molecule has 0 spiro atoms. The van der Waals surface area contributed by atoms with Gasteiger partial charge in [0.2, 0.25) is 0 Å². The summed E-state index contributed by atoms with van der Waals surface area (Å²) in [6.45, 7) is 11.0. The van der Waals surface area contributed by atoms with Crippen LogP contribution in [0, 0.1) is 6.92 Å². The van der Waals surface area contributed by atoms with Gasteiger partial charge in [0.15, 0.2) is 0 Å². The van der Waals surface area contributed by atoms with Crippen LogP contribution in [0.1, 0.15) is 36.7 Å². The van der Waals surface area contributed by atoms with Gasteiger partial charge in [0.25, 0.3) is 5.91 Å². The molecule has 0 aliphatic carbocycles. The molecule has 1 aromatic rings. The van der Waals surface area contributed by atoms with Crippen LogP contribution in [-0.4, -0.2) is 25.1 Å². The molecular weight excluding hydrogens is 294 g/mol. The van der Waals surface area contributed by atoms with Gasteiger partial charge in [-0.25, -0.2) is 4.79 Å². The average molecular weight is 317 g/mol. The normalized spacial score (nSPS) is 11.1. The predicted octanol–water partition coefficient (Wildman–Crippen LogP) is 3.61. The van der Waals surface area contributed by atoms with Crippen LogP contribution >= 0.6 is 0 Å². The van der Waals surface area contributed by atoms with Crippen molar-refractivity contribution in [1.82, 2.24) is 0 Å². The number of allylic oxidation sites excluding steroid dienone is 1. The quantitative estimate of drug-likeness (QED) is 0.377. The molecule has 23 heavy (non-hydrogen) atoms. The highest BCUT2D eigenvalue weighted by Gasteiger charge is 2.11. The number of rotatable bonds is 6. The molecule has 0 saturated heterocycles. The number of hydrogen-bond acceptors (Lipinski definition) is 4. The topological polar surface area (TPSA) is 64.6 Å². The number of benzene rings is 1. The zero-order valence-electron chi connectivity index (χ0n) is 14.2. The SMILES string of the molecule is C=C(/C=C(\C)C(=O)Nc1ccc(C(=O)OC)c(C)c1)OC(C)C. The second-order valence-electron chi connectivity index (χ2n) is 5.44. The molecule has 1 N–H and O–H groups in total. The Morgan fingerprint density at radius 2 is 1.96 bits per heavy atom. The predicted molar refractivity (Wildman–Crippen MR) is 90.3 cm³/mol. The smallest absolute Gasteiger partial charge is 0.338 e. The van der Waals surface area contributed by atoms with Gasteiger partial charge in [-0.05, 0) is 57.5 Å². The minimum absolute atomic E-state index is 0.00290. The maximum absolute atomic E-state index is 12.2. The second kappa shape index (κ2) is 8.17. The highest BCUT2D eigenvalue weighted by atomic mass is 16.5. The van der Waals surface area contributed by atoms with Crippen molar-refractivity contribution in [3.8, 4) is 0 Å². The number of esters is 1. The first kappa shape index (κ1) is 18.5. The molecule has 5 heteroatoms. The largest absolute Gasteiger partial charge is 0.492 e. The number of aryl methyl sites for hydroxylation is 1. The van der Waals surface area contributed by atoms with E-state index in [4.69, 9.17) is 9.47 Å². The number of carbonyl (C=O) groups is 2. The van der Waals surface area contributed by atoms with Crippen molar-refractivity contribution < 1.29 is 19.1 Å². The minimum Gasteiger partial charge on any atom is -0.492 e. The van der Waals surface area contributed by atoms with E-state index in [1.165, 1.54) is 7.11 Å². The van der Waals surface area contributed by atoms with E-state index >= 15 is 0 Å². The van der Waals surface area contributed by atoms with Gasteiger partial charge in [0.1, 0.15) is 5.76 Å². The fourth-order valence-electron chi connectivity index (χ4n) is 1.95. The fourth-order valence-corrected chi connectivity index (χ4v) is 1.95. The molecule has 5 nitrogen and oxygen atoms in total. The van der Waals surface area contributed by atoms with Crippen LogP contribution in [0.25, 0.3) is 0 Å². The maximum Gasteiger partial charge on any atom is 0.338 e. The first-order valence-electron chi connectivity index (χ1n) is 7.28. The van der Waals surface area contributed by atoms with E-state index in [2.05, 4.69) is 11.9 Å². The molecule has 0 aliphatic heterocycles. The first-order valence-corrected chi connectivity index (χ1v) is 7.28. The Balaban J connectivity index is 2.81. The zero-order valence-corrected chi connectivity index (χ0v) is 14.2. The van der Waals surface area contributed by atoms with Gasteiger partial charge < -0.3 is 14.8 Å². The molecule has 0 aliphatic rings. The van der Waals surface area contributed by atoms with E-state index in [1.54, 1.807) is 38.1 Å². The van der Waals surface area contributed by atoms with Crippen LogP contribution < -0.4 is 5.32 Å². The van der Waals surface area contributed by atoms with Crippen molar-refractivity contribution in [3.05, 3.63) is 53.3 Å². The van der Waals surface area contributed by atoms with Crippen molar-refractivity contribution in [2.24, 2.45) is 0 Å². The zero-order chi connectivity index (χ0) is 17.6. The van der Waals surface area contributed by atoms with Crippen LogP contribution in [0.15, 0.2) is 42.2 Å². The van der Waals surface area contributed by atoms with Crippen molar-refractivity contribution >= 4 is 17.6 Å². The molecule has 0 unspecified atom stereocenters. The summed E-state index contributed by atoms with van der Waals surface area (Å²) in [6.07, 6.45) is 1.59. The molecule has 0 heterocycles. The number of ether oxygens (including phenoxy) is 2. The number of anilines is 1. The molecule has 124 valence electrons. The molecule has 0 saturated carbocycles. The molecule has 0 radical (unpaired) electrons. The van der Waals surface area contributed by atoms with E-state index in [0.717, 1.165) is 5.56 Å². The van der Waals surface area contributed by atoms with E-state index < -0.39 is 5.97 Å². The summed E-state index contributed by atoms with van der Waals surface area (Å²) >= 11 is 0. The van der Waals surface area contributed by atoms with Gasteiger partial charge in [-0.15, -0.1) is 0 Å². The molecule has 0 fully saturated rings. The summed E-state index contributed by atoms with van der Waals surface area (Å²) in [5.41, 5.74) is 2.27. The lowest BCUT2D eigenvalue weighted by molar-refractivity contribution is -0.112. The Morgan fingerprint density at radius 3 is 2.48 bits per heavy atom. The number of methoxy groups -OCH3 is 1. The molecule has 1 rings (SSSR count). The average Bonchev–Trinajstić information content (AvgIpc) is 2.45. The van der Waals surface area contributed by atoms with Gasteiger partial charge in [0.05, 0.1) is 18.8 Å². The summed E-state index contributed by atoms with van der Waals surface area (Å²) in [4.78, 5) is 23.7. The van der Waals surface area contributed by atoms with Gasteiger partial charge in [-0.2, -0.15) is 0 Å². The van der Waals surface area contributed by atoms with Crippen LogP contribution in [0.5, 0.6) is 0 Å². The third-order valence-corrected chi connectivity index (χ3v) is 3.01. The van der Waals surface area contributed by atoms with Crippen LogP contribution in [-0.2, 0) is 14.3 Å². The molecule has 1 aromatic carbocycles. The summed E-state index contributed by atoms with van der Waals surface area (Å²) in [6, 6.07) is 5.00. The number of nitrogens with one attached hydrogen (secondary N) is 1. The van der Waals surface area contributed by atoms with Gasteiger partial charge in [0, 0.05) is 11.3 Å². The third-order valence-electron chi connectivity index (χ3n) is 3.01. The lowest BCUT2D eigenvalue weighted by Gasteiger charge is -2.11. The Hall–Kier alpha value is -2.56. The lowest BCUT2D eigenvalue weighted by Crippen LogP contribution is -2.14. The summed E-state index contributed by atoms with van der Waals surface area (Å²) < 4.78 is 10.1. The number of hydrogen-bond donors (Lipinski definition) is 1. The summed E-state index contributed by atoms with van der Waals surface area (Å²) in [7, 11) is 1.33. The van der Waals surface area contributed by atoms with Crippen LogP contribution in [0.2, 0.25) is 0 Å². The van der Waals surface area contributed by atoms with Gasteiger partial charge in [-0.3, -0.25) is 4.79 Å². The lowest BCUT2D eigenvalue weighted by atomic mass is 10.1. The minimum atomic E-state index is -0.404.